The molecule has 0 aromatic carbocycles. The molecular formula is C21H33N3O2. The second-order valence-electron chi connectivity index (χ2n) is 8.59. The number of hydrogen-bond acceptors (Lipinski definition) is 3. The molecule has 5 nitrogen and oxygen atoms in total. The fourth-order valence-corrected chi connectivity index (χ4v) is 4.74. The van der Waals surface area contributed by atoms with Crippen LogP contribution in [0.25, 0.3) is 0 Å². The summed E-state index contributed by atoms with van der Waals surface area (Å²) in [6.45, 7) is 2.61. The number of rotatable bonds is 9. The van der Waals surface area contributed by atoms with Gasteiger partial charge in [0.1, 0.15) is 5.76 Å². The van der Waals surface area contributed by atoms with E-state index in [0.717, 1.165) is 56.1 Å². The van der Waals surface area contributed by atoms with E-state index < -0.39 is 0 Å². The number of guanidine groups is 1. The van der Waals surface area contributed by atoms with Crippen LogP contribution in [0.5, 0.6) is 0 Å². The Morgan fingerprint density at radius 3 is 2.92 bits per heavy atom. The van der Waals surface area contributed by atoms with E-state index in [1.807, 2.05) is 12.1 Å². The van der Waals surface area contributed by atoms with Crippen LogP contribution in [-0.2, 0) is 11.2 Å². The second kappa shape index (κ2) is 8.03. The molecule has 144 valence electrons. The van der Waals surface area contributed by atoms with Crippen molar-refractivity contribution in [2.45, 2.75) is 57.4 Å². The van der Waals surface area contributed by atoms with Gasteiger partial charge in [0.05, 0.1) is 6.26 Å². The Labute approximate surface area is 157 Å². The highest BCUT2D eigenvalue weighted by Crippen LogP contribution is 2.49. The van der Waals surface area contributed by atoms with Crippen LogP contribution < -0.4 is 10.6 Å². The number of hydrogen-bond donors (Lipinski definition) is 2. The van der Waals surface area contributed by atoms with Crippen molar-refractivity contribution in [3.8, 4) is 0 Å². The number of nitrogens with one attached hydrogen (secondary N) is 2. The molecule has 26 heavy (non-hydrogen) atoms. The van der Waals surface area contributed by atoms with Crippen LogP contribution in [0.1, 0.15) is 50.7 Å². The first-order valence-corrected chi connectivity index (χ1v) is 10.3. The quantitative estimate of drug-likeness (QED) is 0.524. The Balaban J connectivity index is 1.33. The number of aliphatic imine (C=N–C) groups is 1. The van der Waals surface area contributed by atoms with Crippen molar-refractivity contribution in [2.24, 2.45) is 22.2 Å². The van der Waals surface area contributed by atoms with Gasteiger partial charge in [-0.15, -0.1) is 0 Å². The number of furan rings is 1. The van der Waals surface area contributed by atoms with E-state index in [2.05, 4.69) is 10.6 Å². The zero-order valence-corrected chi connectivity index (χ0v) is 16.0. The van der Waals surface area contributed by atoms with Gasteiger partial charge >= 0.3 is 0 Å². The van der Waals surface area contributed by atoms with Crippen molar-refractivity contribution in [3.63, 3.8) is 0 Å². The summed E-state index contributed by atoms with van der Waals surface area (Å²) in [5.41, 5.74) is 0.389. The van der Waals surface area contributed by atoms with E-state index in [0.29, 0.717) is 11.5 Å². The molecule has 3 saturated carbocycles. The summed E-state index contributed by atoms with van der Waals surface area (Å²) >= 11 is 0. The topological polar surface area (TPSA) is 58.8 Å². The summed E-state index contributed by atoms with van der Waals surface area (Å²) < 4.78 is 10.7. The molecule has 1 aromatic rings. The summed E-state index contributed by atoms with van der Waals surface area (Å²) in [4.78, 5) is 4.98. The lowest BCUT2D eigenvalue weighted by molar-refractivity contribution is 0.174. The van der Waals surface area contributed by atoms with E-state index in [-0.39, 0.29) is 0 Å². The Bertz CT molecular complexity index is 594. The molecule has 4 rings (SSSR count). The average Bonchev–Trinajstić information content (AvgIpc) is 3.04. The minimum Gasteiger partial charge on any atom is -0.469 e. The van der Waals surface area contributed by atoms with Gasteiger partial charge in [0.15, 0.2) is 5.96 Å². The van der Waals surface area contributed by atoms with Crippen molar-refractivity contribution < 1.29 is 9.15 Å². The SMILES string of the molecule is COCCC1(CN=C(NCCc2ccco2)NC2CC3CCC2C3)CC1. The molecule has 3 aliphatic rings. The smallest absolute Gasteiger partial charge is 0.191 e. The summed E-state index contributed by atoms with van der Waals surface area (Å²) in [5, 5.41) is 7.31. The number of methoxy groups -OCH3 is 1. The summed E-state index contributed by atoms with van der Waals surface area (Å²) in [5.74, 6) is 3.81. The van der Waals surface area contributed by atoms with Crippen LogP contribution in [-0.4, -0.2) is 38.8 Å². The second-order valence-corrected chi connectivity index (χ2v) is 8.59. The van der Waals surface area contributed by atoms with Gasteiger partial charge < -0.3 is 19.8 Å². The number of ether oxygens (including phenoxy) is 1. The third-order valence-corrected chi connectivity index (χ3v) is 6.67. The number of nitrogens with zero attached hydrogens (tertiary/aromatic N) is 1. The molecule has 0 saturated heterocycles. The first-order valence-electron chi connectivity index (χ1n) is 10.3. The largest absolute Gasteiger partial charge is 0.469 e. The number of fused-ring (bicyclic) bond motifs is 2. The predicted octanol–water partition coefficient (Wildman–Crippen LogP) is 3.36. The van der Waals surface area contributed by atoms with Crippen molar-refractivity contribution in [1.82, 2.24) is 10.6 Å². The maximum atomic E-state index is 5.44. The lowest BCUT2D eigenvalue weighted by atomic mass is 9.95. The highest BCUT2D eigenvalue weighted by molar-refractivity contribution is 5.80. The Kier molecular flexibility index (Phi) is 5.53. The molecule has 3 aliphatic carbocycles. The third kappa shape index (κ3) is 4.43. The molecule has 0 spiro atoms. The fourth-order valence-electron chi connectivity index (χ4n) is 4.74. The van der Waals surface area contributed by atoms with E-state index in [1.165, 1.54) is 38.5 Å². The molecular weight excluding hydrogens is 326 g/mol. The Morgan fingerprint density at radius 1 is 1.35 bits per heavy atom. The molecule has 3 atom stereocenters. The van der Waals surface area contributed by atoms with Crippen molar-refractivity contribution >= 4 is 5.96 Å². The zero-order chi connectivity index (χ0) is 17.8. The molecule has 3 unspecified atom stereocenters. The third-order valence-electron chi connectivity index (χ3n) is 6.67. The molecule has 0 aliphatic heterocycles. The molecule has 3 fully saturated rings. The van der Waals surface area contributed by atoms with E-state index in [1.54, 1.807) is 13.4 Å². The van der Waals surface area contributed by atoms with Crippen molar-refractivity contribution in [1.29, 1.82) is 0 Å². The van der Waals surface area contributed by atoms with Gasteiger partial charge in [-0.05, 0) is 67.9 Å². The lowest BCUT2D eigenvalue weighted by Gasteiger charge is -2.25. The van der Waals surface area contributed by atoms with E-state index >= 15 is 0 Å². The fraction of sp³-hybridized carbons (Fsp3) is 0.762. The van der Waals surface area contributed by atoms with Crippen LogP contribution in [0.4, 0.5) is 0 Å². The van der Waals surface area contributed by atoms with Gasteiger partial charge in [0.2, 0.25) is 0 Å². The molecule has 2 bridgehead atoms. The van der Waals surface area contributed by atoms with Gasteiger partial charge in [-0.1, -0.05) is 6.42 Å². The minimum atomic E-state index is 0.389. The summed E-state index contributed by atoms with van der Waals surface area (Å²) in [6, 6.07) is 4.59. The molecule has 0 amide bonds. The average molecular weight is 360 g/mol. The first kappa shape index (κ1) is 17.9. The van der Waals surface area contributed by atoms with E-state index in [4.69, 9.17) is 14.1 Å². The van der Waals surface area contributed by atoms with Crippen LogP contribution in [0.3, 0.4) is 0 Å². The maximum absolute atomic E-state index is 5.44. The Morgan fingerprint density at radius 2 is 2.27 bits per heavy atom. The van der Waals surface area contributed by atoms with Crippen molar-refractivity contribution in [2.75, 3.05) is 26.8 Å². The van der Waals surface area contributed by atoms with Crippen LogP contribution in [0, 0.1) is 17.3 Å². The predicted molar refractivity (Wildman–Crippen MR) is 103 cm³/mol. The normalized spacial score (nSPS) is 29.1. The van der Waals surface area contributed by atoms with Crippen LogP contribution in [0.2, 0.25) is 0 Å². The maximum Gasteiger partial charge on any atom is 0.191 e. The zero-order valence-electron chi connectivity index (χ0n) is 16.0. The summed E-state index contributed by atoms with van der Waals surface area (Å²) in [6.07, 6.45) is 11.9. The monoisotopic (exact) mass is 359 g/mol. The van der Waals surface area contributed by atoms with Gasteiger partial charge in [0, 0.05) is 39.3 Å². The van der Waals surface area contributed by atoms with E-state index in [9.17, 15) is 0 Å². The molecule has 0 radical (unpaired) electrons. The van der Waals surface area contributed by atoms with Gasteiger partial charge in [-0.3, -0.25) is 4.99 Å². The molecule has 5 heteroatoms. The van der Waals surface area contributed by atoms with Crippen LogP contribution >= 0.6 is 0 Å². The molecule has 1 aromatic heterocycles. The summed E-state index contributed by atoms with van der Waals surface area (Å²) in [7, 11) is 1.79. The lowest BCUT2D eigenvalue weighted by Crippen LogP contribution is -2.46. The highest BCUT2D eigenvalue weighted by atomic mass is 16.5. The minimum absolute atomic E-state index is 0.389. The highest BCUT2D eigenvalue weighted by Gasteiger charge is 2.42. The first-order chi connectivity index (χ1) is 12.8. The molecule has 1 heterocycles. The van der Waals surface area contributed by atoms with Gasteiger partial charge in [-0.2, -0.15) is 0 Å². The molecule has 2 N–H and O–H groups in total. The standard InChI is InChI=1S/C21H33N3O2/c1-25-12-9-21(7-8-21)15-23-20(22-10-6-18-3-2-11-26-18)24-19-14-16-4-5-17(19)13-16/h2-3,11,16-17,19H,4-10,12-15H2,1H3,(H2,22,23,24). The Hall–Kier alpha value is -1.49. The van der Waals surface area contributed by atoms with Gasteiger partial charge in [0.25, 0.3) is 0 Å². The van der Waals surface area contributed by atoms with Crippen LogP contribution in [0.15, 0.2) is 27.8 Å². The van der Waals surface area contributed by atoms with Gasteiger partial charge in [-0.25, -0.2) is 0 Å². The van der Waals surface area contributed by atoms with Crippen molar-refractivity contribution in [3.05, 3.63) is 24.2 Å².